The molecular weight excluding hydrogens is 230 g/mol. The largest absolute Gasteiger partial charge is 0.478 e. The van der Waals surface area contributed by atoms with Crippen molar-refractivity contribution < 1.29 is 15.0 Å². The zero-order valence-electron chi connectivity index (χ0n) is 10.5. The first-order valence-electron chi connectivity index (χ1n) is 5.90. The summed E-state index contributed by atoms with van der Waals surface area (Å²) in [5.41, 5.74) is 1.47. The minimum absolute atomic E-state index is 0.0623. The molecular formula is C14H19NO3. The highest BCUT2D eigenvalue weighted by molar-refractivity contribution is 5.85. The number of hydrogen-bond donors (Lipinski definition) is 2. The smallest absolute Gasteiger partial charge is 0.330 e. The third-order valence-electron chi connectivity index (χ3n) is 2.66. The van der Waals surface area contributed by atoms with E-state index in [1.807, 2.05) is 35.2 Å². The van der Waals surface area contributed by atoms with E-state index < -0.39 is 5.97 Å². The summed E-state index contributed by atoms with van der Waals surface area (Å²) in [4.78, 5) is 12.7. The number of carbonyl (C=O) groups is 1. The lowest BCUT2D eigenvalue weighted by molar-refractivity contribution is -0.132. The molecule has 0 saturated heterocycles. The fourth-order valence-electron chi connectivity index (χ4n) is 1.57. The Morgan fingerprint density at radius 1 is 1.33 bits per heavy atom. The lowest BCUT2D eigenvalue weighted by Crippen LogP contribution is -2.27. The molecule has 0 aliphatic carbocycles. The average molecular weight is 249 g/mol. The van der Waals surface area contributed by atoms with Crippen molar-refractivity contribution in [2.75, 3.05) is 19.7 Å². The molecule has 2 N–H and O–H groups in total. The van der Waals surface area contributed by atoms with Gasteiger partial charge in [-0.15, -0.1) is 0 Å². The normalized spacial score (nSPS) is 11.8. The van der Waals surface area contributed by atoms with Crippen LogP contribution in [-0.2, 0) is 11.3 Å². The van der Waals surface area contributed by atoms with Gasteiger partial charge in [-0.05, 0) is 12.5 Å². The van der Waals surface area contributed by atoms with Crippen molar-refractivity contribution in [2.45, 2.75) is 13.5 Å². The lowest BCUT2D eigenvalue weighted by Gasteiger charge is -2.19. The van der Waals surface area contributed by atoms with E-state index in [0.29, 0.717) is 25.2 Å². The van der Waals surface area contributed by atoms with Gasteiger partial charge >= 0.3 is 5.97 Å². The van der Waals surface area contributed by atoms with Crippen molar-refractivity contribution in [2.24, 2.45) is 0 Å². The van der Waals surface area contributed by atoms with E-state index in [-0.39, 0.29) is 6.61 Å². The lowest BCUT2D eigenvalue weighted by atomic mass is 10.2. The second kappa shape index (κ2) is 7.63. The predicted octanol–water partition coefficient (Wildman–Crippen LogP) is 1.51. The van der Waals surface area contributed by atoms with Crippen LogP contribution < -0.4 is 0 Å². The molecule has 0 radical (unpaired) electrons. The first-order valence-corrected chi connectivity index (χ1v) is 5.90. The highest BCUT2D eigenvalue weighted by atomic mass is 16.4. The molecule has 0 unspecified atom stereocenters. The molecule has 1 aromatic rings. The molecule has 0 amide bonds. The van der Waals surface area contributed by atoms with Crippen molar-refractivity contribution in [1.82, 2.24) is 4.90 Å². The Hall–Kier alpha value is -1.65. The fraction of sp³-hybridized carbons (Fsp3) is 0.357. The standard InChI is InChI=1S/C14H19NO3/c1-12(14(17)18)7-8-15(9-10-16)11-13-5-3-2-4-6-13/h2-7,16H,8-11H2,1H3,(H,17,18). The van der Waals surface area contributed by atoms with Crippen LogP contribution in [0, 0.1) is 0 Å². The monoisotopic (exact) mass is 249 g/mol. The summed E-state index contributed by atoms with van der Waals surface area (Å²) in [5, 5.41) is 17.8. The quantitative estimate of drug-likeness (QED) is 0.719. The molecule has 0 spiro atoms. The number of aliphatic hydroxyl groups excluding tert-OH is 1. The summed E-state index contributed by atoms with van der Waals surface area (Å²) in [5.74, 6) is -0.904. The van der Waals surface area contributed by atoms with Crippen molar-refractivity contribution in [3.8, 4) is 0 Å². The number of rotatable bonds is 7. The van der Waals surface area contributed by atoms with Gasteiger partial charge < -0.3 is 10.2 Å². The average Bonchev–Trinajstić information content (AvgIpc) is 2.37. The zero-order valence-corrected chi connectivity index (χ0v) is 10.5. The van der Waals surface area contributed by atoms with Crippen LogP contribution in [0.2, 0.25) is 0 Å². The summed E-state index contributed by atoms with van der Waals surface area (Å²) < 4.78 is 0. The molecule has 0 atom stereocenters. The van der Waals surface area contributed by atoms with Gasteiger partial charge in [0.1, 0.15) is 0 Å². The van der Waals surface area contributed by atoms with Gasteiger partial charge in [0, 0.05) is 25.2 Å². The van der Waals surface area contributed by atoms with Gasteiger partial charge in [0.15, 0.2) is 0 Å². The number of carboxylic acids is 1. The molecule has 1 rings (SSSR count). The van der Waals surface area contributed by atoms with E-state index >= 15 is 0 Å². The summed E-state index contributed by atoms with van der Waals surface area (Å²) >= 11 is 0. The van der Waals surface area contributed by atoms with Crippen LogP contribution in [0.25, 0.3) is 0 Å². The molecule has 4 nitrogen and oxygen atoms in total. The molecule has 4 heteroatoms. The minimum atomic E-state index is -0.904. The Labute approximate surface area is 107 Å². The van der Waals surface area contributed by atoms with Gasteiger partial charge in [0.2, 0.25) is 0 Å². The van der Waals surface area contributed by atoms with Crippen molar-refractivity contribution in [1.29, 1.82) is 0 Å². The maximum atomic E-state index is 10.7. The SMILES string of the molecule is CC(=CCN(CCO)Cc1ccccc1)C(=O)O. The Bertz CT molecular complexity index is 401. The highest BCUT2D eigenvalue weighted by Crippen LogP contribution is 2.05. The minimum Gasteiger partial charge on any atom is -0.478 e. The van der Waals surface area contributed by atoms with Gasteiger partial charge in [0.05, 0.1) is 6.61 Å². The molecule has 0 aromatic heterocycles. The van der Waals surface area contributed by atoms with E-state index in [4.69, 9.17) is 10.2 Å². The maximum Gasteiger partial charge on any atom is 0.330 e. The third-order valence-corrected chi connectivity index (χ3v) is 2.66. The molecule has 0 saturated carbocycles. The topological polar surface area (TPSA) is 60.8 Å². The molecule has 18 heavy (non-hydrogen) atoms. The van der Waals surface area contributed by atoms with Crippen LogP contribution >= 0.6 is 0 Å². The molecule has 98 valence electrons. The number of benzene rings is 1. The summed E-state index contributed by atoms with van der Waals surface area (Å²) in [6.45, 7) is 3.38. The van der Waals surface area contributed by atoms with Crippen LogP contribution in [0.4, 0.5) is 0 Å². The van der Waals surface area contributed by atoms with Crippen LogP contribution in [0.1, 0.15) is 12.5 Å². The second-order valence-electron chi connectivity index (χ2n) is 4.14. The molecule has 0 fully saturated rings. The molecule has 0 aliphatic rings. The van der Waals surface area contributed by atoms with Gasteiger partial charge in [0.25, 0.3) is 0 Å². The van der Waals surface area contributed by atoms with Crippen molar-refractivity contribution >= 4 is 5.97 Å². The highest BCUT2D eigenvalue weighted by Gasteiger charge is 2.05. The summed E-state index contributed by atoms with van der Waals surface area (Å²) in [6.07, 6.45) is 1.67. The first-order chi connectivity index (χ1) is 8.63. The predicted molar refractivity (Wildman–Crippen MR) is 70.2 cm³/mol. The number of nitrogens with zero attached hydrogens (tertiary/aromatic N) is 1. The van der Waals surface area contributed by atoms with Gasteiger partial charge in [-0.1, -0.05) is 36.4 Å². The van der Waals surface area contributed by atoms with Crippen LogP contribution in [0.5, 0.6) is 0 Å². The van der Waals surface area contributed by atoms with Crippen molar-refractivity contribution in [3.63, 3.8) is 0 Å². The van der Waals surface area contributed by atoms with E-state index in [9.17, 15) is 4.79 Å². The number of aliphatic hydroxyl groups is 1. The van der Waals surface area contributed by atoms with Gasteiger partial charge in [-0.25, -0.2) is 4.79 Å². The summed E-state index contributed by atoms with van der Waals surface area (Å²) in [7, 11) is 0. The molecule has 0 aliphatic heterocycles. The van der Waals surface area contributed by atoms with E-state index in [2.05, 4.69) is 0 Å². The van der Waals surface area contributed by atoms with Crippen LogP contribution in [0.3, 0.4) is 0 Å². The number of carboxylic acid groups (broad SMARTS) is 1. The number of aliphatic carboxylic acids is 1. The molecule has 0 heterocycles. The van der Waals surface area contributed by atoms with Gasteiger partial charge in [-0.2, -0.15) is 0 Å². The van der Waals surface area contributed by atoms with E-state index in [0.717, 1.165) is 5.56 Å². The summed E-state index contributed by atoms with van der Waals surface area (Å²) in [6, 6.07) is 9.90. The number of hydrogen-bond acceptors (Lipinski definition) is 3. The molecule has 0 bridgehead atoms. The van der Waals surface area contributed by atoms with E-state index in [1.165, 1.54) is 0 Å². The Kier molecular flexibility index (Phi) is 6.11. The van der Waals surface area contributed by atoms with Crippen LogP contribution in [-0.4, -0.2) is 40.8 Å². The molecule has 1 aromatic carbocycles. The van der Waals surface area contributed by atoms with Crippen molar-refractivity contribution in [3.05, 3.63) is 47.5 Å². The fourth-order valence-corrected chi connectivity index (χ4v) is 1.57. The Morgan fingerprint density at radius 3 is 2.56 bits per heavy atom. The second-order valence-corrected chi connectivity index (χ2v) is 4.14. The third kappa shape index (κ3) is 5.12. The maximum absolute atomic E-state index is 10.7. The zero-order chi connectivity index (χ0) is 13.4. The Balaban J connectivity index is 2.60. The Morgan fingerprint density at radius 2 is 2.00 bits per heavy atom. The van der Waals surface area contributed by atoms with E-state index in [1.54, 1.807) is 13.0 Å². The van der Waals surface area contributed by atoms with Crippen LogP contribution in [0.15, 0.2) is 42.0 Å². The first kappa shape index (κ1) is 14.4. The van der Waals surface area contributed by atoms with Gasteiger partial charge in [-0.3, -0.25) is 4.90 Å².